The molecule has 2 aromatic rings. The van der Waals surface area contributed by atoms with Crippen molar-refractivity contribution in [3.05, 3.63) is 40.7 Å². The Bertz CT molecular complexity index is 561. The van der Waals surface area contributed by atoms with Gasteiger partial charge in [-0.1, -0.05) is 30.3 Å². The second-order valence-corrected chi connectivity index (χ2v) is 6.76. The number of rotatable bonds is 6. The minimum atomic E-state index is -0.728. The maximum absolute atomic E-state index is 10.4. The zero-order valence-corrected chi connectivity index (χ0v) is 12.5. The van der Waals surface area contributed by atoms with Gasteiger partial charge in [0.05, 0.1) is 16.3 Å². The fourth-order valence-electron chi connectivity index (χ4n) is 2.17. The fraction of sp³-hybridized carbons (Fsp3) is 0.438. The van der Waals surface area contributed by atoms with E-state index in [4.69, 9.17) is 0 Å². The van der Waals surface area contributed by atoms with Gasteiger partial charge in [0.25, 0.3) is 0 Å². The number of nitrogens with one attached hydrogen (secondary N) is 1. The van der Waals surface area contributed by atoms with Crippen LogP contribution in [-0.2, 0) is 6.42 Å². The summed E-state index contributed by atoms with van der Waals surface area (Å²) in [5, 5.41) is 16.9. The highest BCUT2D eigenvalue weighted by atomic mass is 32.1. The van der Waals surface area contributed by atoms with Crippen molar-refractivity contribution in [1.82, 2.24) is 10.3 Å². The number of nitrogens with zero attached hydrogens (tertiary/aromatic N) is 1. The second-order valence-electron chi connectivity index (χ2n) is 5.82. The molecule has 0 radical (unpaired) electrons. The zero-order chi connectivity index (χ0) is 14.0. The Morgan fingerprint density at radius 3 is 2.80 bits per heavy atom. The third-order valence-corrected chi connectivity index (χ3v) is 4.35. The van der Waals surface area contributed by atoms with Crippen LogP contribution in [0.4, 0.5) is 0 Å². The summed E-state index contributed by atoms with van der Waals surface area (Å²) >= 11 is 1.62. The van der Waals surface area contributed by atoms with E-state index in [0.717, 1.165) is 16.3 Å². The third-order valence-electron chi connectivity index (χ3n) is 3.50. The Labute approximate surface area is 123 Å². The van der Waals surface area contributed by atoms with Crippen LogP contribution in [0.3, 0.4) is 0 Å². The van der Waals surface area contributed by atoms with Gasteiger partial charge in [0, 0.05) is 30.0 Å². The summed E-state index contributed by atoms with van der Waals surface area (Å²) in [6.07, 6.45) is 3.08. The van der Waals surface area contributed by atoms with E-state index in [1.54, 1.807) is 11.3 Å². The van der Waals surface area contributed by atoms with Crippen molar-refractivity contribution in [2.45, 2.75) is 37.8 Å². The first kappa shape index (κ1) is 13.7. The van der Waals surface area contributed by atoms with Crippen LogP contribution in [0.1, 0.15) is 24.8 Å². The van der Waals surface area contributed by atoms with Crippen LogP contribution >= 0.6 is 11.3 Å². The van der Waals surface area contributed by atoms with Gasteiger partial charge in [-0.15, -0.1) is 11.3 Å². The fourth-order valence-corrected chi connectivity index (χ4v) is 3.16. The Hall–Kier alpha value is -1.23. The number of thiazole rings is 1. The lowest BCUT2D eigenvalue weighted by Crippen LogP contribution is -2.40. The van der Waals surface area contributed by atoms with Crippen LogP contribution < -0.4 is 5.32 Å². The monoisotopic (exact) mass is 288 g/mol. The van der Waals surface area contributed by atoms with E-state index in [2.05, 4.69) is 27.8 Å². The molecule has 4 heteroatoms. The molecule has 1 aromatic heterocycles. The average Bonchev–Trinajstić information content (AvgIpc) is 3.17. The van der Waals surface area contributed by atoms with Gasteiger partial charge in [0.1, 0.15) is 0 Å². The SMILES string of the molecule is CC(O)(CNC1CC1)Cc1nc(-c2ccccc2)cs1. The second kappa shape index (κ2) is 5.64. The van der Waals surface area contributed by atoms with Crippen LogP contribution in [0.2, 0.25) is 0 Å². The van der Waals surface area contributed by atoms with Crippen molar-refractivity contribution in [1.29, 1.82) is 0 Å². The zero-order valence-electron chi connectivity index (χ0n) is 11.7. The first-order valence-corrected chi connectivity index (χ1v) is 7.96. The molecule has 1 fully saturated rings. The number of benzene rings is 1. The summed E-state index contributed by atoms with van der Waals surface area (Å²) in [5.74, 6) is 0. The molecule has 1 heterocycles. The summed E-state index contributed by atoms with van der Waals surface area (Å²) in [7, 11) is 0. The largest absolute Gasteiger partial charge is 0.388 e. The van der Waals surface area contributed by atoms with E-state index in [1.165, 1.54) is 12.8 Å². The summed E-state index contributed by atoms with van der Waals surface area (Å²) in [6.45, 7) is 2.52. The molecule has 3 rings (SSSR count). The van der Waals surface area contributed by atoms with E-state index >= 15 is 0 Å². The molecule has 1 unspecified atom stereocenters. The van der Waals surface area contributed by atoms with Gasteiger partial charge in [0.2, 0.25) is 0 Å². The summed E-state index contributed by atoms with van der Waals surface area (Å²) in [6, 6.07) is 10.8. The topological polar surface area (TPSA) is 45.1 Å². The average molecular weight is 288 g/mol. The smallest absolute Gasteiger partial charge is 0.0961 e. The van der Waals surface area contributed by atoms with Crippen LogP contribution in [0.15, 0.2) is 35.7 Å². The van der Waals surface area contributed by atoms with E-state index in [9.17, 15) is 5.11 Å². The molecule has 20 heavy (non-hydrogen) atoms. The molecule has 3 nitrogen and oxygen atoms in total. The van der Waals surface area contributed by atoms with Crippen molar-refractivity contribution in [2.75, 3.05) is 6.54 Å². The molecule has 0 aliphatic heterocycles. The van der Waals surface area contributed by atoms with Crippen LogP contribution in [0, 0.1) is 0 Å². The predicted octanol–water partition coefficient (Wildman–Crippen LogP) is 2.86. The first-order valence-electron chi connectivity index (χ1n) is 7.08. The number of aliphatic hydroxyl groups is 1. The Balaban J connectivity index is 1.64. The van der Waals surface area contributed by atoms with E-state index in [0.29, 0.717) is 19.0 Å². The van der Waals surface area contributed by atoms with Crippen LogP contribution in [0.25, 0.3) is 11.3 Å². The Morgan fingerprint density at radius 1 is 1.35 bits per heavy atom. The predicted molar refractivity (Wildman–Crippen MR) is 82.9 cm³/mol. The highest BCUT2D eigenvalue weighted by molar-refractivity contribution is 7.09. The van der Waals surface area contributed by atoms with Gasteiger partial charge in [-0.3, -0.25) is 0 Å². The third kappa shape index (κ3) is 3.66. The van der Waals surface area contributed by atoms with Crippen molar-refractivity contribution in [3.63, 3.8) is 0 Å². The molecule has 106 valence electrons. The minimum Gasteiger partial charge on any atom is -0.388 e. The summed E-state index contributed by atoms with van der Waals surface area (Å²) in [5.41, 5.74) is 1.40. The maximum atomic E-state index is 10.4. The molecule has 1 aromatic carbocycles. The molecule has 2 N–H and O–H groups in total. The lowest BCUT2D eigenvalue weighted by Gasteiger charge is -2.22. The summed E-state index contributed by atoms with van der Waals surface area (Å²) < 4.78 is 0. The van der Waals surface area contributed by atoms with E-state index in [-0.39, 0.29) is 0 Å². The Morgan fingerprint density at radius 2 is 2.10 bits per heavy atom. The standard InChI is InChI=1S/C16H20N2OS/c1-16(19,11-17-13-7-8-13)9-15-18-14(10-20-15)12-5-3-2-4-6-12/h2-6,10,13,17,19H,7-9,11H2,1H3. The van der Waals surface area contributed by atoms with E-state index < -0.39 is 5.60 Å². The van der Waals surface area contributed by atoms with Gasteiger partial charge in [-0.05, 0) is 19.8 Å². The number of aromatic nitrogens is 1. The molecular formula is C16H20N2OS. The highest BCUT2D eigenvalue weighted by Gasteiger charge is 2.27. The molecule has 0 amide bonds. The van der Waals surface area contributed by atoms with Crippen molar-refractivity contribution < 1.29 is 5.11 Å². The number of hydrogen-bond acceptors (Lipinski definition) is 4. The van der Waals surface area contributed by atoms with Crippen molar-refractivity contribution in [2.24, 2.45) is 0 Å². The molecular weight excluding hydrogens is 268 g/mol. The van der Waals surface area contributed by atoms with Gasteiger partial charge in [-0.2, -0.15) is 0 Å². The molecule has 1 aliphatic carbocycles. The number of hydrogen-bond donors (Lipinski definition) is 2. The van der Waals surface area contributed by atoms with Gasteiger partial charge in [0.15, 0.2) is 0 Å². The Kier molecular flexibility index (Phi) is 3.87. The van der Waals surface area contributed by atoms with Gasteiger partial charge >= 0.3 is 0 Å². The molecule has 0 saturated heterocycles. The molecule has 1 aliphatic rings. The van der Waals surface area contributed by atoms with Crippen molar-refractivity contribution in [3.8, 4) is 11.3 Å². The van der Waals surface area contributed by atoms with Gasteiger partial charge in [-0.25, -0.2) is 4.98 Å². The molecule has 0 bridgehead atoms. The molecule has 1 saturated carbocycles. The summed E-state index contributed by atoms with van der Waals surface area (Å²) in [4.78, 5) is 4.64. The van der Waals surface area contributed by atoms with Crippen molar-refractivity contribution >= 4 is 11.3 Å². The lowest BCUT2D eigenvalue weighted by molar-refractivity contribution is 0.0597. The van der Waals surface area contributed by atoms with E-state index in [1.807, 2.05) is 25.1 Å². The minimum absolute atomic E-state index is 0.601. The molecule has 1 atom stereocenters. The lowest BCUT2D eigenvalue weighted by atomic mass is 10.0. The van der Waals surface area contributed by atoms with Crippen LogP contribution in [-0.4, -0.2) is 28.3 Å². The normalized spacial score (nSPS) is 17.9. The highest BCUT2D eigenvalue weighted by Crippen LogP contribution is 2.25. The van der Waals surface area contributed by atoms with Crippen LogP contribution in [0.5, 0.6) is 0 Å². The quantitative estimate of drug-likeness (QED) is 0.859. The first-order chi connectivity index (χ1) is 9.62. The maximum Gasteiger partial charge on any atom is 0.0961 e. The van der Waals surface area contributed by atoms with Gasteiger partial charge < -0.3 is 10.4 Å². The molecule has 0 spiro atoms.